The molecule has 7 rings (SSSR count). The zero-order valence-corrected chi connectivity index (χ0v) is 29.1. The first-order valence-corrected chi connectivity index (χ1v) is 19.5. The van der Waals surface area contributed by atoms with E-state index in [0.717, 1.165) is 5.69 Å². The summed E-state index contributed by atoms with van der Waals surface area (Å²) in [7, 11) is -8.03. The highest BCUT2D eigenvalue weighted by atomic mass is 32.2. The molecular formula is C38H35N5O6S2. The van der Waals surface area contributed by atoms with E-state index in [1.807, 2.05) is 30.3 Å². The van der Waals surface area contributed by atoms with Crippen LogP contribution in [0, 0.1) is 0 Å². The zero-order chi connectivity index (χ0) is 35.4. The van der Waals surface area contributed by atoms with Gasteiger partial charge in [-0.1, -0.05) is 54.6 Å². The highest BCUT2D eigenvalue weighted by Gasteiger charge is 2.30. The van der Waals surface area contributed by atoms with Gasteiger partial charge in [0.05, 0.1) is 10.9 Å². The maximum absolute atomic E-state index is 14.1. The molecule has 11 nitrogen and oxygen atoms in total. The van der Waals surface area contributed by atoms with Gasteiger partial charge in [0.2, 0.25) is 5.91 Å². The molecular weight excluding hydrogens is 687 g/mol. The van der Waals surface area contributed by atoms with Gasteiger partial charge in [0.1, 0.15) is 16.5 Å². The normalized spacial score (nSPS) is 14.4. The monoisotopic (exact) mass is 721 g/mol. The number of sulfone groups is 1. The number of nitrogens with one attached hydrogen (secondary N) is 1. The van der Waals surface area contributed by atoms with E-state index in [0.29, 0.717) is 53.3 Å². The summed E-state index contributed by atoms with van der Waals surface area (Å²) in [6.07, 6.45) is 6.43. The number of amides is 1. The van der Waals surface area contributed by atoms with Crippen molar-refractivity contribution in [1.82, 2.24) is 20.2 Å². The van der Waals surface area contributed by atoms with Crippen molar-refractivity contribution in [3.05, 3.63) is 133 Å². The van der Waals surface area contributed by atoms with E-state index in [9.17, 15) is 21.6 Å². The Kier molecular flexibility index (Phi) is 9.67. The Morgan fingerprint density at radius 1 is 0.706 bits per heavy atom. The number of pyridine rings is 2. The molecule has 0 unspecified atom stereocenters. The summed E-state index contributed by atoms with van der Waals surface area (Å²) in [5.41, 5.74) is 1.77. The molecule has 0 saturated carbocycles. The summed E-state index contributed by atoms with van der Waals surface area (Å²) in [6, 6.07) is 28.7. The number of hydrogen-bond acceptors (Lipinski definition) is 10. The third-order valence-corrected chi connectivity index (χ3v) is 11.9. The number of carbonyl (C=O) groups excluding carboxylic acids is 1. The predicted molar refractivity (Wildman–Crippen MR) is 196 cm³/mol. The van der Waals surface area contributed by atoms with Crippen molar-refractivity contribution in [3.63, 3.8) is 0 Å². The molecule has 1 aliphatic rings. The van der Waals surface area contributed by atoms with Crippen LogP contribution < -0.4 is 14.4 Å². The number of nitrogens with zero attached hydrogens (tertiary/aromatic N) is 4. The molecule has 6 aromatic rings. The van der Waals surface area contributed by atoms with Gasteiger partial charge in [-0.05, 0) is 60.5 Å². The summed E-state index contributed by atoms with van der Waals surface area (Å²) < 4.78 is 59.4. The fraction of sp³-hybridized carbons (Fsp3) is 0.184. The first kappa shape index (κ1) is 34.1. The van der Waals surface area contributed by atoms with Gasteiger partial charge < -0.3 is 14.0 Å². The van der Waals surface area contributed by atoms with E-state index < -0.39 is 31.9 Å². The highest BCUT2D eigenvalue weighted by molar-refractivity contribution is 7.91. The van der Waals surface area contributed by atoms with Gasteiger partial charge >= 0.3 is 10.1 Å². The van der Waals surface area contributed by atoms with Crippen molar-refractivity contribution < 1.29 is 25.8 Å². The SMILES string of the molecule is O=C([C@H](Cc1ccc(OS(=O)(=O)c2cccc3cnccc23)cc1)NCS(=O)(=O)c1cccc2cnccc12)N1CCN(c2ccccc2)CC1. The van der Waals surface area contributed by atoms with Crippen molar-refractivity contribution in [2.75, 3.05) is 37.0 Å². The molecule has 51 heavy (non-hydrogen) atoms. The van der Waals surface area contributed by atoms with Gasteiger partial charge in [0.25, 0.3) is 0 Å². The van der Waals surface area contributed by atoms with Gasteiger partial charge in [-0.2, -0.15) is 8.42 Å². The van der Waals surface area contributed by atoms with E-state index in [1.165, 1.54) is 24.4 Å². The Bertz CT molecular complexity index is 2390. The lowest BCUT2D eigenvalue weighted by Crippen LogP contribution is -2.55. The van der Waals surface area contributed by atoms with E-state index in [-0.39, 0.29) is 27.9 Å². The lowest BCUT2D eigenvalue weighted by molar-refractivity contribution is -0.133. The maximum Gasteiger partial charge on any atom is 0.339 e. The average Bonchev–Trinajstić information content (AvgIpc) is 3.16. The number of fused-ring (bicyclic) bond motifs is 2. The summed E-state index contributed by atoms with van der Waals surface area (Å²) >= 11 is 0. The van der Waals surface area contributed by atoms with Crippen LogP contribution in [0.1, 0.15) is 5.56 Å². The molecule has 0 aliphatic carbocycles. The molecule has 2 aromatic heterocycles. The smallest absolute Gasteiger partial charge is 0.339 e. The molecule has 1 saturated heterocycles. The third-order valence-electron chi connectivity index (χ3n) is 8.99. The summed E-state index contributed by atoms with van der Waals surface area (Å²) in [4.78, 5) is 26.4. The second-order valence-electron chi connectivity index (χ2n) is 12.3. The maximum atomic E-state index is 14.1. The van der Waals surface area contributed by atoms with Crippen molar-refractivity contribution in [2.24, 2.45) is 0 Å². The van der Waals surface area contributed by atoms with Crippen molar-refractivity contribution in [3.8, 4) is 5.75 Å². The Balaban J connectivity index is 1.10. The van der Waals surface area contributed by atoms with Gasteiger partial charge in [0, 0.05) is 78.2 Å². The topological polar surface area (TPSA) is 139 Å². The summed E-state index contributed by atoms with van der Waals surface area (Å²) in [5.74, 6) is -0.575. The van der Waals surface area contributed by atoms with Crippen LogP contribution in [-0.4, -0.2) is 75.7 Å². The fourth-order valence-electron chi connectivity index (χ4n) is 6.34. The molecule has 1 N–H and O–H groups in total. The van der Waals surface area contributed by atoms with E-state index in [2.05, 4.69) is 20.2 Å². The molecule has 3 heterocycles. The van der Waals surface area contributed by atoms with Crippen LogP contribution in [0.4, 0.5) is 5.69 Å². The largest absolute Gasteiger partial charge is 0.379 e. The number of piperazine rings is 1. The number of para-hydroxylation sites is 1. The minimum atomic E-state index is -4.17. The number of benzene rings is 4. The van der Waals surface area contributed by atoms with E-state index in [4.69, 9.17) is 4.18 Å². The molecule has 1 atom stereocenters. The summed E-state index contributed by atoms with van der Waals surface area (Å²) in [5, 5.41) is 5.48. The minimum absolute atomic E-state index is 0.0253. The van der Waals surface area contributed by atoms with Gasteiger partial charge in [-0.3, -0.25) is 20.1 Å². The van der Waals surface area contributed by atoms with Crippen LogP contribution in [-0.2, 0) is 31.2 Å². The fourth-order valence-corrected chi connectivity index (χ4v) is 8.88. The molecule has 0 bridgehead atoms. The molecule has 1 amide bonds. The molecule has 1 fully saturated rings. The Morgan fingerprint density at radius 2 is 1.31 bits per heavy atom. The number of aromatic nitrogens is 2. The van der Waals surface area contributed by atoms with Crippen molar-refractivity contribution in [1.29, 1.82) is 0 Å². The van der Waals surface area contributed by atoms with Crippen LogP contribution in [0.3, 0.4) is 0 Å². The van der Waals surface area contributed by atoms with Crippen LogP contribution in [0.15, 0.2) is 138 Å². The summed E-state index contributed by atoms with van der Waals surface area (Å²) in [6.45, 7) is 2.23. The van der Waals surface area contributed by atoms with E-state index >= 15 is 0 Å². The number of rotatable bonds is 11. The first-order chi connectivity index (χ1) is 24.7. The second kappa shape index (κ2) is 14.5. The molecule has 0 spiro atoms. The lowest BCUT2D eigenvalue weighted by atomic mass is 10.0. The van der Waals surface area contributed by atoms with E-state index in [1.54, 1.807) is 78.1 Å². The number of carbonyl (C=O) groups is 1. The van der Waals surface area contributed by atoms with Crippen LogP contribution in [0.2, 0.25) is 0 Å². The molecule has 4 aromatic carbocycles. The van der Waals surface area contributed by atoms with Crippen LogP contribution >= 0.6 is 0 Å². The Morgan fingerprint density at radius 3 is 1.96 bits per heavy atom. The second-order valence-corrected chi connectivity index (χ2v) is 15.7. The standard InChI is InChI=1S/C38H35N5O6S2/c44-38(43-22-20-42(21-23-43)31-8-2-1-3-9-31)35(41-27-50(45,46)36-10-4-6-29-25-39-18-16-33(29)36)24-28-12-14-32(15-13-28)49-51(47,48)37-11-5-7-30-26-40-19-17-34(30)37/h1-19,25-26,35,41H,20-24,27H2/t35-/m0/s1. The van der Waals surface area contributed by atoms with Gasteiger partial charge in [0.15, 0.2) is 9.84 Å². The van der Waals surface area contributed by atoms with Crippen molar-refractivity contribution in [2.45, 2.75) is 22.3 Å². The first-order valence-electron chi connectivity index (χ1n) is 16.4. The van der Waals surface area contributed by atoms with Crippen LogP contribution in [0.5, 0.6) is 5.75 Å². The quantitative estimate of drug-likeness (QED) is 0.185. The minimum Gasteiger partial charge on any atom is -0.379 e. The van der Waals surface area contributed by atoms with Gasteiger partial charge in [-0.15, -0.1) is 0 Å². The zero-order valence-electron chi connectivity index (χ0n) is 27.5. The third kappa shape index (κ3) is 7.55. The van der Waals surface area contributed by atoms with Gasteiger partial charge in [-0.25, -0.2) is 8.42 Å². The Hall–Kier alpha value is -5.37. The predicted octanol–water partition coefficient (Wildman–Crippen LogP) is 4.83. The molecule has 1 aliphatic heterocycles. The Labute approximate surface area is 296 Å². The molecule has 0 radical (unpaired) electrons. The highest BCUT2D eigenvalue weighted by Crippen LogP contribution is 2.27. The number of anilines is 1. The van der Waals surface area contributed by atoms with Crippen molar-refractivity contribution >= 4 is 53.1 Å². The lowest BCUT2D eigenvalue weighted by Gasteiger charge is -2.37. The average molecular weight is 722 g/mol. The molecule has 13 heteroatoms. The van der Waals surface area contributed by atoms with Crippen LogP contribution in [0.25, 0.3) is 21.5 Å². The molecule has 260 valence electrons. The number of hydrogen-bond donors (Lipinski definition) is 1.